The summed E-state index contributed by atoms with van der Waals surface area (Å²) in [6.07, 6.45) is 0. The molecule has 1 aliphatic heterocycles. The largest absolute Gasteiger partial charge is 0.457 e. The lowest BCUT2D eigenvalue weighted by atomic mass is 10.3. The monoisotopic (exact) mass is 247 g/mol. The molecule has 5 heteroatoms. The minimum Gasteiger partial charge on any atom is -0.457 e. The van der Waals surface area contributed by atoms with Gasteiger partial charge in [0.15, 0.2) is 0 Å². The quantitative estimate of drug-likeness (QED) is 0.556. The maximum absolute atomic E-state index is 11.3. The van der Waals surface area contributed by atoms with E-state index in [2.05, 4.69) is 0 Å². The summed E-state index contributed by atoms with van der Waals surface area (Å²) in [7, 11) is -3.10. The summed E-state index contributed by atoms with van der Waals surface area (Å²) < 4.78 is 28.1. The van der Waals surface area contributed by atoms with Gasteiger partial charge in [0.1, 0.15) is 11.5 Å². The first-order valence-corrected chi connectivity index (χ1v) is 6.48. The summed E-state index contributed by atoms with van der Waals surface area (Å²) in [5, 5.41) is 0. The van der Waals surface area contributed by atoms with Crippen LogP contribution in [0.2, 0.25) is 0 Å². The maximum atomic E-state index is 11.3. The Hall–Kier alpha value is -2.01. The fourth-order valence-corrected chi connectivity index (χ4v) is 2.91. The highest BCUT2D eigenvalue weighted by Gasteiger charge is 2.39. The zero-order chi connectivity index (χ0) is 12.0. The van der Waals surface area contributed by atoms with Crippen molar-refractivity contribution in [2.45, 2.75) is 9.79 Å². The van der Waals surface area contributed by atoms with E-state index in [0.29, 0.717) is 27.0 Å². The molecule has 0 spiro atoms. The van der Waals surface area contributed by atoms with Gasteiger partial charge in [0.25, 0.3) is 0 Å². The van der Waals surface area contributed by atoms with Gasteiger partial charge in [-0.05, 0) is 36.4 Å². The molecule has 2 aromatic carbocycles. The van der Waals surface area contributed by atoms with Crippen LogP contribution in [0.25, 0.3) is 0 Å². The standard InChI is InChI=1S/C12H9NO3S/c13-8-1-3-9(4-2-8)16-10-5-6-11-12(7-10)17(11,14)15/h1-7H,13H2. The molecule has 0 bridgehead atoms. The van der Waals surface area contributed by atoms with Gasteiger partial charge < -0.3 is 10.5 Å². The Labute approximate surface area is 98.6 Å². The molecule has 0 unspecified atom stereocenters. The molecule has 4 nitrogen and oxygen atoms in total. The molecule has 0 amide bonds. The van der Waals surface area contributed by atoms with Crippen LogP contribution in [0.4, 0.5) is 5.69 Å². The molecule has 2 aromatic rings. The van der Waals surface area contributed by atoms with E-state index in [1.807, 2.05) is 0 Å². The number of hydrogen-bond donors (Lipinski definition) is 1. The molecule has 86 valence electrons. The van der Waals surface area contributed by atoms with Gasteiger partial charge in [0, 0.05) is 11.8 Å². The van der Waals surface area contributed by atoms with Crippen LogP contribution in [-0.2, 0) is 9.84 Å². The molecule has 3 rings (SSSR count). The molecule has 0 radical (unpaired) electrons. The number of nitrogens with two attached hydrogens (primary N) is 1. The summed E-state index contributed by atoms with van der Waals surface area (Å²) in [5.41, 5.74) is 6.21. The van der Waals surface area contributed by atoms with Crippen LogP contribution < -0.4 is 10.5 Å². The fourth-order valence-electron chi connectivity index (χ4n) is 1.61. The van der Waals surface area contributed by atoms with Crippen molar-refractivity contribution in [1.29, 1.82) is 0 Å². The molecular formula is C12H9NO3S. The van der Waals surface area contributed by atoms with Crippen molar-refractivity contribution < 1.29 is 13.2 Å². The number of fused-ring (bicyclic) bond motifs is 1. The average Bonchev–Trinajstić information content (AvgIpc) is 2.85. The van der Waals surface area contributed by atoms with Gasteiger partial charge >= 0.3 is 0 Å². The fraction of sp³-hybridized carbons (Fsp3) is 0. The van der Waals surface area contributed by atoms with Gasteiger partial charge in [-0.1, -0.05) is 0 Å². The van der Waals surface area contributed by atoms with E-state index >= 15 is 0 Å². The highest BCUT2D eigenvalue weighted by Crippen LogP contribution is 2.42. The van der Waals surface area contributed by atoms with Crippen molar-refractivity contribution in [3.63, 3.8) is 0 Å². The first-order chi connectivity index (χ1) is 8.07. The lowest BCUT2D eigenvalue weighted by Crippen LogP contribution is -1.86. The van der Waals surface area contributed by atoms with Crippen LogP contribution in [0.3, 0.4) is 0 Å². The first-order valence-electron chi connectivity index (χ1n) is 5.00. The number of sulfone groups is 1. The van der Waals surface area contributed by atoms with Gasteiger partial charge in [0.2, 0.25) is 9.84 Å². The third-order valence-corrected chi connectivity index (χ3v) is 4.22. The lowest BCUT2D eigenvalue weighted by Gasteiger charge is -2.04. The molecule has 2 N–H and O–H groups in total. The Morgan fingerprint density at radius 3 is 2.18 bits per heavy atom. The Morgan fingerprint density at radius 2 is 1.53 bits per heavy atom. The van der Waals surface area contributed by atoms with Crippen molar-refractivity contribution in [3.8, 4) is 11.5 Å². The molecule has 0 saturated carbocycles. The normalized spacial score (nSPS) is 15.1. The molecule has 0 aromatic heterocycles. The van der Waals surface area contributed by atoms with E-state index in [4.69, 9.17) is 10.5 Å². The van der Waals surface area contributed by atoms with Crippen molar-refractivity contribution in [2.75, 3.05) is 5.73 Å². The number of hydrogen-bond acceptors (Lipinski definition) is 4. The number of benzene rings is 2. The zero-order valence-corrected chi connectivity index (χ0v) is 9.57. The summed E-state index contributed by atoms with van der Waals surface area (Å²) in [6, 6.07) is 11.6. The van der Waals surface area contributed by atoms with Crippen LogP contribution in [0.15, 0.2) is 52.3 Å². The predicted molar refractivity (Wildman–Crippen MR) is 62.8 cm³/mol. The molecule has 0 atom stereocenters. The summed E-state index contributed by atoms with van der Waals surface area (Å²) in [6.45, 7) is 0. The second-order valence-corrected chi connectivity index (χ2v) is 5.67. The number of nitrogen functional groups attached to an aromatic ring is 1. The molecule has 0 saturated heterocycles. The number of rotatable bonds is 2. The van der Waals surface area contributed by atoms with E-state index in [9.17, 15) is 8.42 Å². The van der Waals surface area contributed by atoms with Crippen LogP contribution in [0.1, 0.15) is 0 Å². The van der Waals surface area contributed by atoms with Crippen molar-refractivity contribution in [3.05, 3.63) is 42.5 Å². The Bertz CT molecular complexity index is 690. The molecule has 0 fully saturated rings. The molecule has 1 heterocycles. The Kier molecular flexibility index (Phi) is 1.94. The van der Waals surface area contributed by atoms with Crippen molar-refractivity contribution in [2.24, 2.45) is 0 Å². The van der Waals surface area contributed by atoms with Gasteiger partial charge in [-0.2, -0.15) is 0 Å². The first kappa shape index (κ1) is 10.2. The second kappa shape index (κ2) is 3.24. The van der Waals surface area contributed by atoms with E-state index in [0.717, 1.165) is 0 Å². The highest BCUT2D eigenvalue weighted by atomic mass is 32.2. The van der Waals surface area contributed by atoms with Crippen LogP contribution in [0, 0.1) is 0 Å². The average molecular weight is 247 g/mol. The molecule has 17 heavy (non-hydrogen) atoms. The third kappa shape index (κ3) is 1.64. The second-order valence-electron chi connectivity index (χ2n) is 3.78. The van der Waals surface area contributed by atoms with E-state index in [1.54, 1.807) is 36.4 Å². The van der Waals surface area contributed by atoms with Crippen molar-refractivity contribution in [1.82, 2.24) is 0 Å². The van der Waals surface area contributed by atoms with E-state index in [1.165, 1.54) is 6.07 Å². The van der Waals surface area contributed by atoms with E-state index in [-0.39, 0.29) is 0 Å². The minimum atomic E-state index is -3.10. The lowest BCUT2D eigenvalue weighted by molar-refractivity contribution is 0.481. The number of anilines is 1. The van der Waals surface area contributed by atoms with Crippen LogP contribution in [0.5, 0.6) is 11.5 Å². The summed E-state index contributed by atoms with van der Waals surface area (Å²) >= 11 is 0. The highest BCUT2D eigenvalue weighted by molar-refractivity contribution is 7.97. The summed E-state index contributed by atoms with van der Waals surface area (Å²) in [4.78, 5) is 0.743. The van der Waals surface area contributed by atoms with Crippen molar-refractivity contribution >= 4 is 15.5 Å². The summed E-state index contributed by atoms with van der Waals surface area (Å²) in [5.74, 6) is 1.13. The van der Waals surface area contributed by atoms with Crippen LogP contribution >= 0.6 is 0 Å². The van der Waals surface area contributed by atoms with Crippen LogP contribution in [-0.4, -0.2) is 8.42 Å². The predicted octanol–water partition coefficient (Wildman–Crippen LogP) is 2.21. The van der Waals surface area contributed by atoms with Gasteiger partial charge in [-0.25, -0.2) is 8.42 Å². The minimum absolute atomic E-state index is 0.352. The van der Waals surface area contributed by atoms with Gasteiger partial charge in [-0.3, -0.25) is 0 Å². The van der Waals surface area contributed by atoms with Gasteiger partial charge in [-0.15, -0.1) is 0 Å². The maximum Gasteiger partial charge on any atom is 0.209 e. The third-order valence-electron chi connectivity index (χ3n) is 2.57. The smallest absolute Gasteiger partial charge is 0.209 e. The van der Waals surface area contributed by atoms with E-state index < -0.39 is 9.84 Å². The molecule has 0 aliphatic carbocycles. The molecular weight excluding hydrogens is 238 g/mol. The Morgan fingerprint density at radius 1 is 0.882 bits per heavy atom. The Balaban J connectivity index is 1.88. The zero-order valence-electron chi connectivity index (χ0n) is 8.75. The SMILES string of the molecule is Nc1ccc(Oc2ccc3c(c2)S3(=O)=O)cc1. The van der Waals surface area contributed by atoms with Gasteiger partial charge in [0.05, 0.1) is 9.79 Å². The topological polar surface area (TPSA) is 69.4 Å². The molecule has 1 aliphatic rings. The number of ether oxygens (including phenoxy) is 1.